The Morgan fingerprint density at radius 2 is 2.08 bits per heavy atom. The van der Waals surface area contributed by atoms with E-state index < -0.39 is 6.04 Å². The molecular formula is C19H21N3O3. The monoisotopic (exact) mass is 339 g/mol. The minimum absolute atomic E-state index is 0.108. The fraction of sp³-hybridized carbons (Fsp3) is 0.526. The number of carbonyl (C=O) groups excluding carboxylic acids is 2. The summed E-state index contributed by atoms with van der Waals surface area (Å²) in [4.78, 5) is 27.7. The third-order valence-corrected chi connectivity index (χ3v) is 6.20. The lowest BCUT2D eigenvalue weighted by Crippen LogP contribution is -2.56. The van der Waals surface area contributed by atoms with E-state index >= 15 is 0 Å². The van der Waals surface area contributed by atoms with Gasteiger partial charge in [-0.05, 0) is 19.0 Å². The van der Waals surface area contributed by atoms with Gasteiger partial charge in [0.1, 0.15) is 6.04 Å². The molecule has 6 heteroatoms. The van der Waals surface area contributed by atoms with Crippen LogP contribution in [0.15, 0.2) is 30.3 Å². The van der Waals surface area contributed by atoms with Crippen molar-refractivity contribution < 1.29 is 14.3 Å². The Labute approximate surface area is 146 Å². The molecule has 25 heavy (non-hydrogen) atoms. The summed E-state index contributed by atoms with van der Waals surface area (Å²) in [5.41, 5.74) is 0.995. The molecule has 0 radical (unpaired) electrons. The highest BCUT2D eigenvalue weighted by molar-refractivity contribution is 5.91. The summed E-state index contributed by atoms with van der Waals surface area (Å²) in [6.45, 7) is 0. The number of ether oxygens (including phenoxy) is 1. The zero-order chi connectivity index (χ0) is 17.7. The van der Waals surface area contributed by atoms with Crippen LogP contribution in [0, 0.1) is 29.1 Å². The van der Waals surface area contributed by atoms with Crippen LogP contribution in [0.1, 0.15) is 18.0 Å². The summed E-state index contributed by atoms with van der Waals surface area (Å²) in [7, 11) is 3.26. The number of fused-ring (bicyclic) bond motifs is 4. The summed E-state index contributed by atoms with van der Waals surface area (Å²) < 4.78 is 5.00. The standard InChI is InChI=1S/C19H21N3O3/c1-22-12-8-11(9-20)17(22)13-14(18(12)23)15(10-6-4-3-5-7-10)21-16(13)19(24)25-2/h3-7,11-17,21H,8H2,1-2H3/t11-,12+,13+,14-,15+,16+,17+/m0/s1. The van der Waals surface area contributed by atoms with E-state index in [2.05, 4.69) is 11.4 Å². The van der Waals surface area contributed by atoms with Crippen molar-refractivity contribution in [1.82, 2.24) is 10.2 Å². The van der Waals surface area contributed by atoms with E-state index in [0.717, 1.165) is 5.56 Å². The van der Waals surface area contributed by atoms with Crippen molar-refractivity contribution in [2.24, 2.45) is 17.8 Å². The number of hydrogen-bond acceptors (Lipinski definition) is 6. The normalized spacial score (nSPS) is 39.7. The summed E-state index contributed by atoms with van der Waals surface area (Å²) >= 11 is 0. The summed E-state index contributed by atoms with van der Waals surface area (Å²) in [5, 5.41) is 12.9. The SMILES string of the molecule is COC(=O)[C@@H]1N[C@H](c2ccccc2)[C@H]2C(=O)[C@H]3C[C@@H](C#N)[C@H]([C@H]21)N3C. The van der Waals surface area contributed by atoms with Gasteiger partial charge in [0.05, 0.1) is 25.1 Å². The highest BCUT2D eigenvalue weighted by Gasteiger charge is 2.63. The van der Waals surface area contributed by atoms with Gasteiger partial charge in [0.2, 0.25) is 0 Å². The Morgan fingerprint density at radius 3 is 2.72 bits per heavy atom. The number of carbonyl (C=O) groups is 2. The highest BCUT2D eigenvalue weighted by Crippen LogP contribution is 2.51. The molecule has 3 saturated heterocycles. The van der Waals surface area contributed by atoms with E-state index in [1.165, 1.54) is 7.11 Å². The molecule has 1 aromatic rings. The smallest absolute Gasteiger partial charge is 0.323 e. The minimum Gasteiger partial charge on any atom is -0.468 e. The lowest BCUT2D eigenvalue weighted by molar-refractivity contribution is -0.146. The number of hydrogen-bond donors (Lipinski definition) is 1. The van der Waals surface area contributed by atoms with Gasteiger partial charge in [0.15, 0.2) is 5.78 Å². The second-order valence-corrected chi connectivity index (χ2v) is 7.20. The molecule has 130 valence electrons. The van der Waals surface area contributed by atoms with Gasteiger partial charge < -0.3 is 4.74 Å². The Balaban J connectivity index is 1.80. The van der Waals surface area contributed by atoms with E-state index in [1.807, 2.05) is 42.3 Å². The molecule has 6 nitrogen and oxygen atoms in total. The van der Waals surface area contributed by atoms with E-state index in [1.54, 1.807) is 0 Å². The van der Waals surface area contributed by atoms with Crippen LogP contribution >= 0.6 is 0 Å². The third kappa shape index (κ3) is 2.23. The van der Waals surface area contributed by atoms with Crippen LogP contribution in [0.5, 0.6) is 0 Å². The number of likely N-dealkylation sites (N-methyl/N-ethyl adjacent to an activating group) is 1. The number of methoxy groups -OCH3 is 1. The first kappa shape index (κ1) is 16.2. The predicted octanol–water partition coefficient (Wildman–Crippen LogP) is 0.900. The first-order valence-electron chi connectivity index (χ1n) is 8.62. The maximum absolute atomic E-state index is 13.2. The van der Waals surface area contributed by atoms with Gasteiger partial charge in [-0.2, -0.15) is 5.26 Å². The number of ketones is 1. The molecule has 2 bridgehead atoms. The Kier molecular flexibility index (Phi) is 3.86. The third-order valence-electron chi connectivity index (χ3n) is 6.20. The molecular weight excluding hydrogens is 318 g/mol. The molecule has 3 aliphatic rings. The van der Waals surface area contributed by atoms with Gasteiger partial charge in [-0.25, -0.2) is 0 Å². The Bertz CT molecular complexity index is 744. The Hall–Kier alpha value is -2.23. The van der Waals surface area contributed by atoms with Gasteiger partial charge in [-0.15, -0.1) is 0 Å². The van der Waals surface area contributed by atoms with Crippen LogP contribution in [-0.2, 0) is 14.3 Å². The van der Waals surface area contributed by atoms with Crippen LogP contribution in [0.2, 0.25) is 0 Å². The second-order valence-electron chi connectivity index (χ2n) is 7.20. The largest absolute Gasteiger partial charge is 0.468 e. The molecule has 0 unspecified atom stereocenters. The number of benzene rings is 1. The number of Topliss-reactive ketones (excluding diaryl/α,β-unsaturated/α-hetero) is 1. The first-order valence-corrected chi connectivity index (χ1v) is 8.62. The fourth-order valence-corrected chi connectivity index (χ4v) is 5.16. The van der Waals surface area contributed by atoms with Gasteiger partial charge in [0, 0.05) is 23.9 Å². The van der Waals surface area contributed by atoms with Crippen molar-refractivity contribution in [2.75, 3.05) is 14.2 Å². The quantitative estimate of drug-likeness (QED) is 0.806. The van der Waals surface area contributed by atoms with Crippen molar-refractivity contribution in [3.63, 3.8) is 0 Å². The fourth-order valence-electron chi connectivity index (χ4n) is 5.16. The van der Waals surface area contributed by atoms with Crippen LogP contribution in [-0.4, -0.2) is 48.9 Å². The zero-order valence-corrected chi connectivity index (χ0v) is 14.3. The summed E-state index contributed by atoms with van der Waals surface area (Å²) in [5.74, 6) is -1.03. The van der Waals surface area contributed by atoms with Crippen molar-refractivity contribution in [2.45, 2.75) is 30.6 Å². The summed E-state index contributed by atoms with van der Waals surface area (Å²) in [6.07, 6.45) is 0.554. The van der Waals surface area contributed by atoms with Crippen molar-refractivity contribution in [1.29, 1.82) is 5.26 Å². The van der Waals surface area contributed by atoms with Gasteiger partial charge in [-0.3, -0.25) is 19.8 Å². The molecule has 0 saturated carbocycles. The first-order chi connectivity index (χ1) is 12.1. The molecule has 7 atom stereocenters. The van der Waals surface area contributed by atoms with Crippen molar-refractivity contribution in [3.05, 3.63) is 35.9 Å². The van der Waals surface area contributed by atoms with Crippen LogP contribution in [0.3, 0.4) is 0 Å². The molecule has 0 aromatic heterocycles. The van der Waals surface area contributed by atoms with E-state index in [9.17, 15) is 14.9 Å². The Morgan fingerprint density at radius 1 is 1.36 bits per heavy atom. The molecule has 1 N–H and O–H groups in total. The highest BCUT2D eigenvalue weighted by atomic mass is 16.5. The molecule has 0 amide bonds. The van der Waals surface area contributed by atoms with Crippen molar-refractivity contribution in [3.8, 4) is 6.07 Å². The van der Waals surface area contributed by atoms with E-state index in [0.29, 0.717) is 6.42 Å². The number of esters is 1. The van der Waals surface area contributed by atoms with Crippen LogP contribution in [0.4, 0.5) is 0 Å². The van der Waals surface area contributed by atoms with Gasteiger partial charge in [-0.1, -0.05) is 30.3 Å². The zero-order valence-electron chi connectivity index (χ0n) is 14.3. The molecule has 4 rings (SSSR count). The number of nitriles is 1. The minimum atomic E-state index is -0.577. The molecule has 3 aliphatic heterocycles. The maximum Gasteiger partial charge on any atom is 0.323 e. The van der Waals surface area contributed by atoms with E-state index in [4.69, 9.17) is 4.74 Å². The number of piperidine rings is 1. The number of rotatable bonds is 2. The molecule has 3 heterocycles. The molecule has 1 aromatic carbocycles. The average molecular weight is 339 g/mol. The van der Waals surface area contributed by atoms with Crippen molar-refractivity contribution >= 4 is 11.8 Å². The predicted molar refractivity (Wildman–Crippen MR) is 89.2 cm³/mol. The topological polar surface area (TPSA) is 82.4 Å². The van der Waals surface area contributed by atoms with Crippen LogP contribution < -0.4 is 5.32 Å². The van der Waals surface area contributed by atoms with Gasteiger partial charge >= 0.3 is 5.97 Å². The number of nitrogens with zero attached hydrogens (tertiary/aromatic N) is 2. The lowest BCUT2D eigenvalue weighted by Gasteiger charge is -2.41. The molecule has 0 spiro atoms. The second kappa shape index (κ2) is 5.94. The number of nitrogens with one attached hydrogen (secondary N) is 1. The van der Waals surface area contributed by atoms with Crippen LogP contribution in [0.25, 0.3) is 0 Å². The van der Waals surface area contributed by atoms with Gasteiger partial charge in [0.25, 0.3) is 0 Å². The average Bonchev–Trinajstić information content (AvgIpc) is 3.15. The maximum atomic E-state index is 13.2. The molecule has 3 fully saturated rings. The summed E-state index contributed by atoms with van der Waals surface area (Å²) in [6, 6.07) is 11.0. The molecule has 0 aliphatic carbocycles. The lowest BCUT2D eigenvalue weighted by atomic mass is 9.73. The van der Waals surface area contributed by atoms with E-state index in [-0.39, 0.29) is 47.6 Å².